The molecule has 0 saturated heterocycles. The summed E-state index contributed by atoms with van der Waals surface area (Å²) in [6.45, 7) is 4.04. The first-order chi connectivity index (χ1) is 10.2. The van der Waals surface area contributed by atoms with Gasteiger partial charge in [0, 0.05) is 28.4 Å². The van der Waals surface area contributed by atoms with E-state index in [9.17, 15) is 0 Å². The minimum Gasteiger partial charge on any atom is -0.308 e. The molecule has 2 heterocycles. The zero-order valence-electron chi connectivity index (χ0n) is 12.1. The van der Waals surface area contributed by atoms with Gasteiger partial charge in [-0.2, -0.15) is 0 Å². The van der Waals surface area contributed by atoms with Crippen LogP contribution in [0.4, 0.5) is 5.82 Å². The molecule has 0 spiro atoms. The maximum absolute atomic E-state index is 5.60. The van der Waals surface area contributed by atoms with Crippen LogP contribution in [0.5, 0.6) is 0 Å². The van der Waals surface area contributed by atoms with Gasteiger partial charge in [-0.15, -0.1) is 0 Å². The van der Waals surface area contributed by atoms with Crippen LogP contribution in [0.25, 0.3) is 22.3 Å². The van der Waals surface area contributed by atoms with Gasteiger partial charge < -0.3 is 5.43 Å². The number of nitrogens with zero attached hydrogens (tertiary/aromatic N) is 3. The third-order valence-corrected chi connectivity index (χ3v) is 3.59. The predicted octanol–water partition coefficient (Wildman–Crippen LogP) is 2.85. The fourth-order valence-corrected chi connectivity index (χ4v) is 2.55. The molecule has 3 aromatic rings. The number of rotatable bonds is 3. The molecule has 5 nitrogen and oxygen atoms in total. The Morgan fingerprint density at radius 2 is 1.95 bits per heavy atom. The molecule has 3 N–H and O–H groups in total. The number of aryl methyl sites for hydroxylation is 1. The average Bonchev–Trinajstić information content (AvgIpc) is 2.53. The van der Waals surface area contributed by atoms with Crippen LogP contribution in [0, 0.1) is 6.92 Å². The predicted molar refractivity (Wildman–Crippen MR) is 84.7 cm³/mol. The maximum atomic E-state index is 5.60. The van der Waals surface area contributed by atoms with Crippen molar-refractivity contribution < 1.29 is 0 Å². The second kappa shape index (κ2) is 5.46. The van der Waals surface area contributed by atoms with E-state index in [1.54, 1.807) is 6.20 Å². The Balaban J connectivity index is 2.26. The molecule has 0 amide bonds. The molecule has 0 aliphatic rings. The Hall–Kier alpha value is -2.53. The van der Waals surface area contributed by atoms with E-state index in [2.05, 4.69) is 27.3 Å². The van der Waals surface area contributed by atoms with E-state index in [0.717, 1.165) is 34.1 Å². The normalized spacial score (nSPS) is 10.8. The van der Waals surface area contributed by atoms with Gasteiger partial charge in [-0.05, 0) is 25.5 Å². The van der Waals surface area contributed by atoms with E-state index >= 15 is 0 Å². The van der Waals surface area contributed by atoms with Crippen LogP contribution in [0.15, 0.2) is 36.5 Å². The first kappa shape index (κ1) is 13.5. The molecule has 21 heavy (non-hydrogen) atoms. The van der Waals surface area contributed by atoms with Gasteiger partial charge in [0.25, 0.3) is 0 Å². The number of nitrogens with one attached hydrogen (secondary N) is 1. The highest BCUT2D eigenvalue weighted by Crippen LogP contribution is 2.27. The van der Waals surface area contributed by atoms with Gasteiger partial charge >= 0.3 is 0 Å². The van der Waals surface area contributed by atoms with Gasteiger partial charge in [0.15, 0.2) is 5.82 Å². The second-order valence-corrected chi connectivity index (χ2v) is 4.83. The van der Waals surface area contributed by atoms with Crippen LogP contribution in [0.3, 0.4) is 0 Å². The van der Waals surface area contributed by atoms with Crippen molar-refractivity contribution in [1.82, 2.24) is 15.0 Å². The van der Waals surface area contributed by atoms with E-state index < -0.39 is 0 Å². The van der Waals surface area contributed by atoms with Crippen molar-refractivity contribution in [3.05, 3.63) is 47.8 Å². The van der Waals surface area contributed by atoms with E-state index in [1.165, 1.54) is 0 Å². The van der Waals surface area contributed by atoms with Crippen LogP contribution in [-0.2, 0) is 6.42 Å². The number of para-hydroxylation sites is 1. The lowest BCUT2D eigenvalue weighted by Gasteiger charge is -2.12. The summed E-state index contributed by atoms with van der Waals surface area (Å²) in [5.74, 6) is 6.95. The molecule has 0 bridgehead atoms. The molecule has 0 fully saturated rings. The maximum Gasteiger partial charge on any atom is 0.162 e. The standard InChI is InChI=1S/C16H17N5/c1-3-11-10(2)19-15(20-16(11)21-17)13-8-9-18-14-7-5-4-6-12(13)14/h4-9H,3,17H2,1-2H3,(H,19,20,21). The molecular formula is C16H17N5. The molecule has 0 radical (unpaired) electrons. The minimum atomic E-state index is 0.663. The smallest absolute Gasteiger partial charge is 0.162 e. The van der Waals surface area contributed by atoms with Gasteiger partial charge in [-0.3, -0.25) is 4.98 Å². The van der Waals surface area contributed by atoms with Crippen LogP contribution in [-0.4, -0.2) is 15.0 Å². The molecule has 106 valence electrons. The number of hydrazine groups is 1. The number of hydrogen-bond acceptors (Lipinski definition) is 5. The summed E-state index contributed by atoms with van der Waals surface area (Å²) in [6, 6.07) is 9.90. The summed E-state index contributed by atoms with van der Waals surface area (Å²) in [4.78, 5) is 13.6. The number of nitrogen functional groups attached to an aromatic ring is 1. The minimum absolute atomic E-state index is 0.663. The summed E-state index contributed by atoms with van der Waals surface area (Å²) in [6.07, 6.45) is 2.61. The van der Waals surface area contributed by atoms with E-state index in [0.29, 0.717) is 11.6 Å². The molecule has 0 unspecified atom stereocenters. The zero-order valence-corrected chi connectivity index (χ0v) is 12.1. The Kier molecular flexibility index (Phi) is 3.50. The number of nitrogens with two attached hydrogens (primary N) is 1. The highest BCUT2D eigenvalue weighted by atomic mass is 15.3. The summed E-state index contributed by atoms with van der Waals surface area (Å²) >= 11 is 0. The summed E-state index contributed by atoms with van der Waals surface area (Å²) in [5, 5.41) is 1.03. The molecule has 0 saturated carbocycles. The summed E-state index contributed by atoms with van der Waals surface area (Å²) < 4.78 is 0. The Labute approximate surface area is 123 Å². The van der Waals surface area contributed by atoms with E-state index in [1.807, 2.05) is 37.3 Å². The molecule has 3 rings (SSSR count). The number of anilines is 1. The first-order valence-corrected chi connectivity index (χ1v) is 6.92. The van der Waals surface area contributed by atoms with Crippen molar-refractivity contribution in [2.24, 2.45) is 5.84 Å². The zero-order chi connectivity index (χ0) is 14.8. The van der Waals surface area contributed by atoms with Crippen LogP contribution in [0.2, 0.25) is 0 Å². The Morgan fingerprint density at radius 3 is 2.71 bits per heavy atom. The average molecular weight is 279 g/mol. The van der Waals surface area contributed by atoms with Gasteiger partial charge in [0.05, 0.1) is 5.52 Å². The Morgan fingerprint density at radius 1 is 1.14 bits per heavy atom. The van der Waals surface area contributed by atoms with Gasteiger partial charge in [0.2, 0.25) is 0 Å². The van der Waals surface area contributed by atoms with Gasteiger partial charge in [0.1, 0.15) is 5.82 Å². The molecule has 0 aliphatic heterocycles. The van der Waals surface area contributed by atoms with Crippen LogP contribution >= 0.6 is 0 Å². The third kappa shape index (κ3) is 2.32. The van der Waals surface area contributed by atoms with Crippen LogP contribution in [0.1, 0.15) is 18.2 Å². The molecule has 0 atom stereocenters. The van der Waals surface area contributed by atoms with Crippen molar-refractivity contribution in [3.8, 4) is 11.4 Å². The molecule has 0 aliphatic carbocycles. The van der Waals surface area contributed by atoms with Crippen molar-refractivity contribution in [3.63, 3.8) is 0 Å². The lowest BCUT2D eigenvalue weighted by Crippen LogP contribution is -2.13. The van der Waals surface area contributed by atoms with Gasteiger partial charge in [-0.1, -0.05) is 25.1 Å². The summed E-state index contributed by atoms with van der Waals surface area (Å²) in [5.41, 5.74) is 6.55. The molecule has 2 aromatic heterocycles. The monoisotopic (exact) mass is 279 g/mol. The van der Waals surface area contributed by atoms with Crippen molar-refractivity contribution >= 4 is 16.7 Å². The topological polar surface area (TPSA) is 76.7 Å². The molecule has 1 aromatic carbocycles. The van der Waals surface area contributed by atoms with E-state index in [-0.39, 0.29) is 0 Å². The van der Waals surface area contributed by atoms with Crippen molar-refractivity contribution in [2.45, 2.75) is 20.3 Å². The van der Waals surface area contributed by atoms with Crippen LogP contribution < -0.4 is 11.3 Å². The van der Waals surface area contributed by atoms with Crippen molar-refractivity contribution in [1.29, 1.82) is 0 Å². The SMILES string of the molecule is CCc1c(C)nc(-c2ccnc3ccccc23)nc1NN. The number of aromatic nitrogens is 3. The summed E-state index contributed by atoms with van der Waals surface area (Å²) in [7, 11) is 0. The lowest BCUT2D eigenvalue weighted by atomic mass is 10.1. The quantitative estimate of drug-likeness (QED) is 0.569. The Bertz CT molecular complexity index is 793. The highest BCUT2D eigenvalue weighted by molar-refractivity contribution is 5.92. The number of benzene rings is 1. The third-order valence-electron chi connectivity index (χ3n) is 3.59. The molecular weight excluding hydrogens is 262 g/mol. The number of hydrogen-bond donors (Lipinski definition) is 2. The fourth-order valence-electron chi connectivity index (χ4n) is 2.55. The van der Waals surface area contributed by atoms with Gasteiger partial charge in [-0.25, -0.2) is 15.8 Å². The number of pyridine rings is 1. The lowest BCUT2D eigenvalue weighted by molar-refractivity contribution is 0.996. The first-order valence-electron chi connectivity index (χ1n) is 6.92. The van der Waals surface area contributed by atoms with Crippen molar-refractivity contribution in [2.75, 3.05) is 5.43 Å². The second-order valence-electron chi connectivity index (χ2n) is 4.83. The fraction of sp³-hybridized carbons (Fsp3) is 0.188. The largest absolute Gasteiger partial charge is 0.308 e. The van der Waals surface area contributed by atoms with E-state index in [4.69, 9.17) is 5.84 Å². The number of fused-ring (bicyclic) bond motifs is 1. The molecule has 5 heteroatoms. The highest BCUT2D eigenvalue weighted by Gasteiger charge is 2.13.